The van der Waals surface area contributed by atoms with Crippen LogP contribution in [0.4, 0.5) is 13.2 Å². The van der Waals surface area contributed by atoms with Crippen molar-refractivity contribution in [3.8, 4) is 5.75 Å². The Morgan fingerprint density at radius 2 is 1.86 bits per heavy atom. The van der Waals surface area contributed by atoms with Crippen LogP contribution in [0.2, 0.25) is 0 Å². The maximum absolute atomic E-state index is 13.1. The Hall–Kier alpha value is -2.50. The van der Waals surface area contributed by atoms with E-state index in [9.17, 15) is 13.2 Å². The third-order valence-electron chi connectivity index (χ3n) is 3.08. The summed E-state index contributed by atoms with van der Waals surface area (Å²) in [6.45, 7) is -2.37. The molecule has 0 radical (unpaired) electrons. The van der Waals surface area contributed by atoms with Gasteiger partial charge < -0.3 is 4.74 Å². The van der Waals surface area contributed by atoms with Gasteiger partial charge in [0.2, 0.25) is 0 Å². The fraction of sp³-hybridized carbons (Fsp3) is 0.133. The Morgan fingerprint density at radius 3 is 2.57 bits per heavy atom. The van der Waals surface area contributed by atoms with Gasteiger partial charge in [0.25, 0.3) is 0 Å². The minimum absolute atomic E-state index is 0.112. The molecule has 0 saturated carbocycles. The Morgan fingerprint density at radius 1 is 1.10 bits per heavy atom. The lowest BCUT2D eigenvalue weighted by Gasteiger charge is -2.07. The molecule has 108 valence electrons. The number of hydrogen-bond acceptors (Lipinski definition) is 2. The second-order valence-corrected chi connectivity index (χ2v) is 4.53. The van der Waals surface area contributed by atoms with Crippen molar-refractivity contribution < 1.29 is 17.9 Å². The first-order valence-electron chi connectivity index (χ1n) is 6.26. The molecular formula is C15H11F3N2O. The van der Waals surface area contributed by atoms with Crippen LogP contribution in [0, 0.1) is 5.82 Å². The van der Waals surface area contributed by atoms with E-state index < -0.39 is 6.61 Å². The molecule has 0 aliphatic carbocycles. The number of aromatic nitrogens is 2. The lowest BCUT2D eigenvalue weighted by atomic mass is 10.2. The summed E-state index contributed by atoms with van der Waals surface area (Å²) in [5.41, 5.74) is 1.69. The van der Waals surface area contributed by atoms with Crippen LogP contribution in [-0.2, 0) is 6.54 Å². The van der Waals surface area contributed by atoms with Gasteiger partial charge in [-0.2, -0.15) is 13.9 Å². The Balaban J connectivity index is 1.81. The Kier molecular flexibility index (Phi) is 3.51. The average molecular weight is 292 g/mol. The molecule has 3 rings (SSSR count). The molecule has 0 atom stereocenters. The lowest BCUT2D eigenvalue weighted by Crippen LogP contribution is -2.03. The molecule has 21 heavy (non-hydrogen) atoms. The second kappa shape index (κ2) is 5.47. The molecule has 3 nitrogen and oxygen atoms in total. The first kappa shape index (κ1) is 13.5. The summed E-state index contributed by atoms with van der Waals surface area (Å²) in [6.07, 6.45) is 1.59. The van der Waals surface area contributed by atoms with Gasteiger partial charge in [-0.3, -0.25) is 4.68 Å². The number of alkyl halides is 2. The molecule has 6 heteroatoms. The van der Waals surface area contributed by atoms with Crippen LogP contribution >= 0.6 is 0 Å². The summed E-state index contributed by atoms with van der Waals surface area (Å²) >= 11 is 0. The highest BCUT2D eigenvalue weighted by Gasteiger charge is 2.06. The SMILES string of the molecule is Fc1ccc2c(cnn2Cc2ccc(OC(F)F)cc2)c1. The first-order valence-corrected chi connectivity index (χ1v) is 6.26. The Bertz CT molecular complexity index is 753. The minimum atomic E-state index is -2.83. The molecule has 0 spiro atoms. The van der Waals surface area contributed by atoms with Gasteiger partial charge in [0, 0.05) is 5.39 Å². The number of fused-ring (bicyclic) bond motifs is 1. The van der Waals surface area contributed by atoms with Crippen molar-refractivity contribution in [1.82, 2.24) is 9.78 Å². The van der Waals surface area contributed by atoms with Gasteiger partial charge in [-0.25, -0.2) is 4.39 Å². The maximum atomic E-state index is 13.1. The largest absolute Gasteiger partial charge is 0.435 e. The van der Waals surface area contributed by atoms with E-state index in [2.05, 4.69) is 9.84 Å². The second-order valence-electron chi connectivity index (χ2n) is 4.53. The van der Waals surface area contributed by atoms with Crippen LogP contribution < -0.4 is 4.74 Å². The van der Waals surface area contributed by atoms with Crippen LogP contribution in [-0.4, -0.2) is 16.4 Å². The quantitative estimate of drug-likeness (QED) is 0.731. The summed E-state index contributed by atoms with van der Waals surface area (Å²) in [6, 6.07) is 10.8. The van der Waals surface area contributed by atoms with Crippen LogP contribution in [0.5, 0.6) is 5.75 Å². The van der Waals surface area contributed by atoms with Gasteiger partial charge in [0.15, 0.2) is 0 Å². The van der Waals surface area contributed by atoms with Gasteiger partial charge in [0.1, 0.15) is 11.6 Å². The van der Waals surface area contributed by atoms with E-state index in [0.29, 0.717) is 11.9 Å². The van der Waals surface area contributed by atoms with Gasteiger partial charge in [-0.05, 0) is 35.9 Å². The van der Waals surface area contributed by atoms with Crippen molar-refractivity contribution >= 4 is 10.9 Å². The zero-order valence-electron chi connectivity index (χ0n) is 10.8. The smallest absolute Gasteiger partial charge is 0.387 e. The van der Waals surface area contributed by atoms with Crippen molar-refractivity contribution in [2.75, 3.05) is 0 Å². The molecule has 0 amide bonds. The van der Waals surface area contributed by atoms with Gasteiger partial charge in [0.05, 0.1) is 18.3 Å². The number of benzene rings is 2. The molecule has 0 bridgehead atoms. The first-order chi connectivity index (χ1) is 10.1. The monoisotopic (exact) mass is 292 g/mol. The molecular weight excluding hydrogens is 281 g/mol. The van der Waals surface area contributed by atoms with Crippen molar-refractivity contribution in [3.63, 3.8) is 0 Å². The maximum Gasteiger partial charge on any atom is 0.387 e. The van der Waals surface area contributed by atoms with Gasteiger partial charge in [-0.1, -0.05) is 12.1 Å². The van der Waals surface area contributed by atoms with Crippen LogP contribution in [0.25, 0.3) is 10.9 Å². The van der Waals surface area contributed by atoms with Crippen molar-refractivity contribution in [2.45, 2.75) is 13.2 Å². The number of rotatable bonds is 4. The third-order valence-corrected chi connectivity index (χ3v) is 3.08. The standard InChI is InChI=1S/C15H11F3N2O/c16-12-3-6-14-11(7-12)8-19-20(14)9-10-1-4-13(5-2-10)21-15(17)18/h1-8,15H,9H2. The van der Waals surface area contributed by atoms with Crippen molar-refractivity contribution in [1.29, 1.82) is 0 Å². The van der Waals surface area contributed by atoms with Crippen LogP contribution in [0.1, 0.15) is 5.56 Å². The number of halogens is 3. The highest BCUT2D eigenvalue weighted by Crippen LogP contribution is 2.18. The van der Waals surface area contributed by atoms with E-state index in [1.165, 1.54) is 24.3 Å². The van der Waals surface area contributed by atoms with E-state index >= 15 is 0 Å². The van der Waals surface area contributed by atoms with Crippen molar-refractivity contribution in [3.05, 3.63) is 60.0 Å². The molecule has 1 heterocycles. The molecule has 0 saturated heterocycles. The summed E-state index contributed by atoms with van der Waals surface area (Å²) < 4.78 is 43.3. The van der Waals surface area contributed by atoms with E-state index in [4.69, 9.17) is 0 Å². The fourth-order valence-electron chi connectivity index (χ4n) is 2.13. The number of hydrogen-bond donors (Lipinski definition) is 0. The lowest BCUT2D eigenvalue weighted by molar-refractivity contribution is -0.0498. The molecule has 0 fully saturated rings. The third kappa shape index (κ3) is 2.99. The van der Waals surface area contributed by atoms with Crippen molar-refractivity contribution in [2.24, 2.45) is 0 Å². The van der Waals surface area contributed by atoms with E-state index in [1.807, 2.05) is 0 Å². The summed E-state index contributed by atoms with van der Waals surface area (Å²) in [5.74, 6) is -0.198. The normalized spacial score (nSPS) is 11.2. The predicted octanol–water partition coefficient (Wildman–Crippen LogP) is 3.83. The minimum Gasteiger partial charge on any atom is -0.435 e. The molecule has 2 aromatic carbocycles. The highest BCUT2D eigenvalue weighted by atomic mass is 19.3. The molecule has 0 N–H and O–H groups in total. The fourth-order valence-corrected chi connectivity index (χ4v) is 2.13. The molecule has 0 aliphatic rings. The molecule has 0 unspecified atom stereocenters. The molecule has 1 aromatic heterocycles. The summed E-state index contributed by atoms with van der Waals surface area (Å²) in [5, 5.41) is 4.92. The zero-order valence-corrected chi connectivity index (χ0v) is 10.8. The number of ether oxygens (including phenoxy) is 1. The van der Waals surface area contributed by atoms with E-state index in [1.54, 1.807) is 29.1 Å². The number of nitrogens with zero attached hydrogens (tertiary/aromatic N) is 2. The van der Waals surface area contributed by atoms with Crippen LogP contribution in [0.15, 0.2) is 48.7 Å². The zero-order chi connectivity index (χ0) is 14.8. The summed E-state index contributed by atoms with van der Waals surface area (Å²) in [7, 11) is 0. The van der Waals surface area contributed by atoms with Crippen LogP contribution in [0.3, 0.4) is 0 Å². The average Bonchev–Trinajstić information content (AvgIpc) is 2.83. The predicted molar refractivity (Wildman–Crippen MR) is 71.9 cm³/mol. The van der Waals surface area contributed by atoms with Gasteiger partial charge in [-0.15, -0.1) is 0 Å². The molecule has 0 aliphatic heterocycles. The molecule has 3 aromatic rings. The highest BCUT2D eigenvalue weighted by molar-refractivity contribution is 5.78. The van der Waals surface area contributed by atoms with Gasteiger partial charge >= 0.3 is 6.61 Å². The topological polar surface area (TPSA) is 27.1 Å². The summed E-state index contributed by atoms with van der Waals surface area (Å²) in [4.78, 5) is 0. The Labute approximate surface area is 118 Å². The van der Waals surface area contributed by atoms with E-state index in [0.717, 1.165) is 11.1 Å². The van der Waals surface area contributed by atoms with E-state index in [-0.39, 0.29) is 11.6 Å².